The Labute approximate surface area is 118 Å². The summed E-state index contributed by atoms with van der Waals surface area (Å²) in [6.07, 6.45) is 2.42. The topological polar surface area (TPSA) is 15.3 Å². The van der Waals surface area contributed by atoms with Crippen LogP contribution in [0.1, 0.15) is 38.3 Å². The standard InChI is InChI=1S/C17H28N2/c1-4-10-18-13-17(2,3)14-19-11-9-15-7-5-6-8-16(15)12-19/h5-8,18H,4,9-14H2,1-3H3. The molecule has 2 heteroatoms. The van der Waals surface area contributed by atoms with E-state index >= 15 is 0 Å². The van der Waals surface area contributed by atoms with Gasteiger partial charge in [-0.1, -0.05) is 45.0 Å². The summed E-state index contributed by atoms with van der Waals surface area (Å²) in [6.45, 7) is 12.7. The normalized spacial score (nSPS) is 16.4. The predicted molar refractivity (Wildman–Crippen MR) is 82.4 cm³/mol. The Hall–Kier alpha value is -0.860. The van der Waals surface area contributed by atoms with E-state index in [0.717, 1.165) is 19.6 Å². The molecule has 1 N–H and O–H groups in total. The average molecular weight is 260 g/mol. The zero-order valence-corrected chi connectivity index (χ0v) is 12.7. The predicted octanol–water partition coefficient (Wildman–Crippen LogP) is 3.07. The Morgan fingerprint density at radius 2 is 1.95 bits per heavy atom. The van der Waals surface area contributed by atoms with E-state index in [0.29, 0.717) is 5.41 Å². The molecule has 0 aliphatic carbocycles. The van der Waals surface area contributed by atoms with Crippen molar-refractivity contribution in [3.05, 3.63) is 35.4 Å². The second-order valence-corrected chi connectivity index (χ2v) is 6.57. The monoisotopic (exact) mass is 260 g/mol. The number of hydrogen-bond donors (Lipinski definition) is 1. The molecule has 0 fully saturated rings. The molecule has 0 unspecified atom stereocenters. The van der Waals surface area contributed by atoms with E-state index in [-0.39, 0.29) is 0 Å². The van der Waals surface area contributed by atoms with Crippen LogP contribution in [0.4, 0.5) is 0 Å². The van der Waals surface area contributed by atoms with E-state index in [9.17, 15) is 0 Å². The van der Waals surface area contributed by atoms with Crippen molar-refractivity contribution in [1.82, 2.24) is 10.2 Å². The molecule has 106 valence electrons. The fourth-order valence-corrected chi connectivity index (χ4v) is 2.95. The molecule has 0 saturated carbocycles. The van der Waals surface area contributed by atoms with Crippen molar-refractivity contribution in [2.45, 2.75) is 40.2 Å². The lowest BCUT2D eigenvalue weighted by Crippen LogP contribution is -2.42. The minimum absolute atomic E-state index is 0.349. The summed E-state index contributed by atoms with van der Waals surface area (Å²) in [4.78, 5) is 2.61. The SMILES string of the molecule is CCCNCC(C)(C)CN1CCc2ccccc2C1. The van der Waals surface area contributed by atoms with Crippen LogP contribution in [0.25, 0.3) is 0 Å². The maximum absolute atomic E-state index is 3.56. The van der Waals surface area contributed by atoms with Crippen LogP contribution in [0.2, 0.25) is 0 Å². The van der Waals surface area contributed by atoms with Crippen molar-refractivity contribution >= 4 is 0 Å². The number of benzene rings is 1. The second-order valence-electron chi connectivity index (χ2n) is 6.57. The van der Waals surface area contributed by atoms with Gasteiger partial charge in [0.2, 0.25) is 0 Å². The summed E-state index contributed by atoms with van der Waals surface area (Å²) in [5, 5.41) is 3.56. The van der Waals surface area contributed by atoms with Crippen molar-refractivity contribution in [1.29, 1.82) is 0 Å². The lowest BCUT2D eigenvalue weighted by molar-refractivity contribution is 0.161. The molecule has 0 atom stereocenters. The van der Waals surface area contributed by atoms with Crippen LogP contribution in [-0.2, 0) is 13.0 Å². The van der Waals surface area contributed by atoms with Crippen LogP contribution in [-0.4, -0.2) is 31.1 Å². The van der Waals surface area contributed by atoms with E-state index < -0.39 is 0 Å². The van der Waals surface area contributed by atoms with Crippen molar-refractivity contribution in [2.75, 3.05) is 26.2 Å². The van der Waals surface area contributed by atoms with Crippen LogP contribution in [0.3, 0.4) is 0 Å². The molecule has 0 radical (unpaired) electrons. The third-order valence-corrected chi connectivity index (χ3v) is 3.89. The van der Waals surface area contributed by atoms with Crippen LogP contribution in [0, 0.1) is 5.41 Å². The fraction of sp³-hybridized carbons (Fsp3) is 0.647. The van der Waals surface area contributed by atoms with Crippen molar-refractivity contribution in [3.63, 3.8) is 0 Å². The molecule has 0 saturated heterocycles. The van der Waals surface area contributed by atoms with E-state index in [4.69, 9.17) is 0 Å². The molecule has 1 aliphatic heterocycles. The van der Waals surface area contributed by atoms with Gasteiger partial charge >= 0.3 is 0 Å². The lowest BCUT2D eigenvalue weighted by Gasteiger charge is -2.36. The Morgan fingerprint density at radius 3 is 2.68 bits per heavy atom. The molecule has 1 aliphatic rings. The van der Waals surface area contributed by atoms with Gasteiger partial charge in [0.05, 0.1) is 0 Å². The largest absolute Gasteiger partial charge is 0.316 e. The van der Waals surface area contributed by atoms with E-state index in [1.807, 2.05) is 0 Å². The number of fused-ring (bicyclic) bond motifs is 1. The molecule has 0 aromatic heterocycles. The van der Waals surface area contributed by atoms with Crippen molar-refractivity contribution in [2.24, 2.45) is 5.41 Å². The van der Waals surface area contributed by atoms with E-state index in [2.05, 4.69) is 55.3 Å². The quantitative estimate of drug-likeness (QED) is 0.791. The van der Waals surface area contributed by atoms with Gasteiger partial charge in [-0.15, -0.1) is 0 Å². The highest BCUT2D eigenvalue weighted by Gasteiger charge is 2.24. The maximum Gasteiger partial charge on any atom is 0.0236 e. The van der Waals surface area contributed by atoms with Crippen LogP contribution in [0.15, 0.2) is 24.3 Å². The molecule has 1 heterocycles. The third-order valence-electron chi connectivity index (χ3n) is 3.89. The van der Waals surface area contributed by atoms with Gasteiger partial charge in [-0.3, -0.25) is 4.90 Å². The highest BCUT2D eigenvalue weighted by atomic mass is 15.1. The average Bonchev–Trinajstić information content (AvgIpc) is 2.38. The Bertz CT molecular complexity index is 398. The minimum atomic E-state index is 0.349. The third kappa shape index (κ3) is 4.32. The van der Waals surface area contributed by atoms with Crippen LogP contribution in [0.5, 0.6) is 0 Å². The van der Waals surface area contributed by atoms with E-state index in [1.165, 1.54) is 31.5 Å². The first-order valence-corrected chi connectivity index (χ1v) is 7.60. The number of nitrogens with zero attached hydrogens (tertiary/aromatic N) is 1. The highest BCUT2D eigenvalue weighted by molar-refractivity contribution is 5.29. The summed E-state index contributed by atoms with van der Waals surface area (Å²) < 4.78 is 0. The molecule has 1 aromatic rings. The Kier molecular flexibility index (Phi) is 5.00. The van der Waals surface area contributed by atoms with Gasteiger partial charge < -0.3 is 5.32 Å². The van der Waals surface area contributed by atoms with Gasteiger partial charge in [0.25, 0.3) is 0 Å². The first kappa shape index (κ1) is 14.5. The lowest BCUT2D eigenvalue weighted by atomic mass is 9.90. The smallest absolute Gasteiger partial charge is 0.0236 e. The van der Waals surface area contributed by atoms with E-state index in [1.54, 1.807) is 5.56 Å². The molecule has 0 spiro atoms. The molecule has 0 amide bonds. The highest BCUT2D eigenvalue weighted by Crippen LogP contribution is 2.23. The Morgan fingerprint density at radius 1 is 1.21 bits per heavy atom. The van der Waals surface area contributed by atoms with Crippen LogP contribution >= 0.6 is 0 Å². The van der Waals surface area contributed by atoms with Crippen molar-refractivity contribution in [3.8, 4) is 0 Å². The molecular weight excluding hydrogens is 232 g/mol. The molecular formula is C17H28N2. The molecule has 1 aromatic carbocycles. The molecule has 0 bridgehead atoms. The van der Waals surface area contributed by atoms with Gasteiger partial charge in [-0.25, -0.2) is 0 Å². The fourth-order valence-electron chi connectivity index (χ4n) is 2.95. The molecule has 2 nitrogen and oxygen atoms in total. The zero-order valence-electron chi connectivity index (χ0n) is 12.7. The minimum Gasteiger partial charge on any atom is -0.316 e. The number of nitrogens with one attached hydrogen (secondary N) is 1. The first-order valence-electron chi connectivity index (χ1n) is 7.60. The first-order chi connectivity index (χ1) is 9.11. The van der Waals surface area contributed by atoms with Gasteiger partial charge in [0, 0.05) is 26.2 Å². The zero-order chi connectivity index (χ0) is 13.7. The summed E-state index contributed by atoms with van der Waals surface area (Å²) in [5.41, 5.74) is 3.41. The summed E-state index contributed by atoms with van der Waals surface area (Å²) in [5.74, 6) is 0. The van der Waals surface area contributed by atoms with Gasteiger partial charge in [0.1, 0.15) is 0 Å². The van der Waals surface area contributed by atoms with Gasteiger partial charge in [-0.05, 0) is 35.9 Å². The van der Waals surface area contributed by atoms with Gasteiger partial charge in [-0.2, -0.15) is 0 Å². The van der Waals surface area contributed by atoms with Gasteiger partial charge in [0.15, 0.2) is 0 Å². The maximum atomic E-state index is 3.56. The summed E-state index contributed by atoms with van der Waals surface area (Å²) >= 11 is 0. The Balaban J connectivity index is 1.87. The molecule has 2 rings (SSSR count). The molecule has 19 heavy (non-hydrogen) atoms. The number of rotatable bonds is 6. The van der Waals surface area contributed by atoms with Crippen molar-refractivity contribution < 1.29 is 0 Å². The summed E-state index contributed by atoms with van der Waals surface area (Å²) in [7, 11) is 0. The summed E-state index contributed by atoms with van der Waals surface area (Å²) in [6, 6.07) is 8.88. The van der Waals surface area contributed by atoms with Crippen LogP contribution < -0.4 is 5.32 Å². The second kappa shape index (κ2) is 6.53. The number of hydrogen-bond acceptors (Lipinski definition) is 2.